The van der Waals surface area contributed by atoms with Crippen molar-refractivity contribution in [3.63, 3.8) is 0 Å². The Morgan fingerprint density at radius 3 is 3.00 bits per heavy atom. The number of aliphatic hydroxyl groups excluding tert-OH is 1. The van der Waals surface area contributed by atoms with Crippen LogP contribution < -0.4 is 9.47 Å². The number of pyridine rings is 1. The zero-order chi connectivity index (χ0) is 13.9. The summed E-state index contributed by atoms with van der Waals surface area (Å²) in [5, 5.41) is 9.33. The molecule has 1 aliphatic heterocycles. The molecule has 0 saturated heterocycles. The second kappa shape index (κ2) is 5.51. The van der Waals surface area contributed by atoms with Crippen molar-refractivity contribution < 1.29 is 14.6 Å². The summed E-state index contributed by atoms with van der Waals surface area (Å²) >= 11 is 0. The third kappa shape index (κ3) is 2.47. The van der Waals surface area contributed by atoms with E-state index in [4.69, 9.17) is 9.47 Å². The van der Waals surface area contributed by atoms with Gasteiger partial charge in [0.25, 0.3) is 0 Å². The summed E-state index contributed by atoms with van der Waals surface area (Å²) in [5.74, 6) is 1.80. The standard InChI is InChI=1S/C16H17NO3/c1-11-6-7-16(14(8-18)17-11)20-10-12-9-19-15-5-3-2-4-13(12)15/h2-7,12,18H,8-10H2,1H3. The summed E-state index contributed by atoms with van der Waals surface area (Å²) in [6, 6.07) is 11.8. The van der Waals surface area contributed by atoms with E-state index < -0.39 is 0 Å². The second-order valence-electron chi connectivity index (χ2n) is 4.91. The molecule has 1 aliphatic rings. The molecule has 1 aromatic heterocycles. The van der Waals surface area contributed by atoms with Gasteiger partial charge in [-0.3, -0.25) is 4.98 Å². The number of benzene rings is 1. The van der Waals surface area contributed by atoms with Crippen LogP contribution in [0.2, 0.25) is 0 Å². The Labute approximate surface area is 118 Å². The molecule has 0 aliphatic carbocycles. The van der Waals surface area contributed by atoms with Crippen LogP contribution in [0.3, 0.4) is 0 Å². The van der Waals surface area contributed by atoms with Gasteiger partial charge < -0.3 is 14.6 Å². The molecule has 1 atom stereocenters. The zero-order valence-corrected chi connectivity index (χ0v) is 11.4. The number of fused-ring (bicyclic) bond motifs is 1. The first-order valence-electron chi connectivity index (χ1n) is 6.70. The lowest BCUT2D eigenvalue weighted by Gasteiger charge is -2.13. The van der Waals surface area contributed by atoms with E-state index in [9.17, 15) is 5.11 Å². The highest BCUT2D eigenvalue weighted by Crippen LogP contribution is 2.34. The van der Waals surface area contributed by atoms with Gasteiger partial charge in [-0.25, -0.2) is 0 Å². The fraction of sp³-hybridized carbons (Fsp3) is 0.312. The summed E-state index contributed by atoms with van der Waals surface area (Å²) in [6.07, 6.45) is 0. The van der Waals surface area contributed by atoms with Crippen LogP contribution in [0.25, 0.3) is 0 Å². The van der Waals surface area contributed by atoms with E-state index in [1.807, 2.05) is 37.3 Å². The lowest BCUT2D eigenvalue weighted by atomic mass is 10.0. The number of ether oxygens (including phenoxy) is 2. The van der Waals surface area contributed by atoms with E-state index in [0.717, 1.165) is 11.4 Å². The predicted octanol–water partition coefficient (Wildman–Crippen LogP) is 2.44. The highest BCUT2D eigenvalue weighted by molar-refractivity contribution is 5.40. The van der Waals surface area contributed by atoms with Crippen LogP contribution in [-0.2, 0) is 6.61 Å². The lowest BCUT2D eigenvalue weighted by molar-refractivity contribution is 0.232. The first-order chi connectivity index (χ1) is 9.78. The number of aromatic nitrogens is 1. The summed E-state index contributed by atoms with van der Waals surface area (Å²) < 4.78 is 11.5. The number of hydrogen-bond donors (Lipinski definition) is 1. The summed E-state index contributed by atoms with van der Waals surface area (Å²) in [4.78, 5) is 4.27. The van der Waals surface area contributed by atoms with Crippen molar-refractivity contribution in [2.45, 2.75) is 19.4 Å². The largest absolute Gasteiger partial charge is 0.493 e. The third-order valence-corrected chi connectivity index (χ3v) is 3.46. The maximum Gasteiger partial charge on any atom is 0.143 e. The Kier molecular flexibility index (Phi) is 3.56. The number of para-hydroxylation sites is 1. The van der Waals surface area contributed by atoms with Crippen molar-refractivity contribution in [3.05, 3.63) is 53.3 Å². The number of aliphatic hydroxyl groups is 1. The van der Waals surface area contributed by atoms with E-state index in [-0.39, 0.29) is 12.5 Å². The lowest BCUT2D eigenvalue weighted by Crippen LogP contribution is -2.13. The topological polar surface area (TPSA) is 51.6 Å². The molecule has 4 nitrogen and oxygen atoms in total. The van der Waals surface area contributed by atoms with Crippen LogP contribution in [0.5, 0.6) is 11.5 Å². The van der Waals surface area contributed by atoms with Crippen LogP contribution in [-0.4, -0.2) is 23.3 Å². The van der Waals surface area contributed by atoms with E-state index in [1.54, 1.807) is 0 Å². The average molecular weight is 271 g/mol. The van der Waals surface area contributed by atoms with Gasteiger partial charge in [0.15, 0.2) is 0 Å². The van der Waals surface area contributed by atoms with Gasteiger partial charge in [-0.05, 0) is 25.1 Å². The number of nitrogens with zero attached hydrogens (tertiary/aromatic N) is 1. The van der Waals surface area contributed by atoms with Crippen molar-refractivity contribution in [2.75, 3.05) is 13.2 Å². The van der Waals surface area contributed by atoms with Crippen LogP contribution in [0, 0.1) is 6.92 Å². The third-order valence-electron chi connectivity index (χ3n) is 3.46. The normalized spacial score (nSPS) is 16.6. The fourth-order valence-electron chi connectivity index (χ4n) is 2.40. The summed E-state index contributed by atoms with van der Waals surface area (Å²) in [7, 11) is 0. The van der Waals surface area contributed by atoms with Crippen molar-refractivity contribution in [1.82, 2.24) is 4.98 Å². The minimum Gasteiger partial charge on any atom is -0.493 e. The predicted molar refractivity (Wildman–Crippen MR) is 75.1 cm³/mol. The van der Waals surface area contributed by atoms with Crippen molar-refractivity contribution in [3.8, 4) is 11.5 Å². The molecule has 1 N–H and O–H groups in total. The fourth-order valence-corrected chi connectivity index (χ4v) is 2.40. The van der Waals surface area contributed by atoms with E-state index >= 15 is 0 Å². The van der Waals surface area contributed by atoms with Crippen LogP contribution >= 0.6 is 0 Å². The molecule has 0 amide bonds. The Hall–Kier alpha value is -2.07. The van der Waals surface area contributed by atoms with E-state index in [1.165, 1.54) is 5.56 Å². The second-order valence-corrected chi connectivity index (χ2v) is 4.91. The quantitative estimate of drug-likeness (QED) is 0.928. The highest BCUT2D eigenvalue weighted by atomic mass is 16.5. The molecule has 0 bridgehead atoms. The molecule has 1 aromatic carbocycles. The molecule has 1 unspecified atom stereocenters. The molecule has 20 heavy (non-hydrogen) atoms. The molecule has 2 heterocycles. The molecule has 3 rings (SSSR count). The van der Waals surface area contributed by atoms with Crippen LogP contribution in [0.1, 0.15) is 22.9 Å². The maximum absolute atomic E-state index is 9.33. The van der Waals surface area contributed by atoms with Crippen molar-refractivity contribution >= 4 is 0 Å². The highest BCUT2D eigenvalue weighted by Gasteiger charge is 2.24. The van der Waals surface area contributed by atoms with E-state index in [2.05, 4.69) is 11.1 Å². The minimum absolute atomic E-state index is 0.116. The smallest absolute Gasteiger partial charge is 0.143 e. The summed E-state index contributed by atoms with van der Waals surface area (Å²) in [6.45, 7) is 2.93. The summed E-state index contributed by atoms with van der Waals surface area (Å²) in [5.41, 5.74) is 2.63. The Morgan fingerprint density at radius 1 is 1.30 bits per heavy atom. The Balaban J connectivity index is 1.72. The number of aryl methyl sites for hydroxylation is 1. The molecular weight excluding hydrogens is 254 g/mol. The van der Waals surface area contributed by atoms with Gasteiger partial charge in [-0.1, -0.05) is 18.2 Å². The van der Waals surface area contributed by atoms with E-state index in [0.29, 0.717) is 24.7 Å². The van der Waals surface area contributed by atoms with Gasteiger partial charge in [-0.15, -0.1) is 0 Å². The van der Waals surface area contributed by atoms with Crippen molar-refractivity contribution in [1.29, 1.82) is 0 Å². The average Bonchev–Trinajstić information content (AvgIpc) is 2.89. The first-order valence-corrected chi connectivity index (χ1v) is 6.70. The molecule has 0 spiro atoms. The SMILES string of the molecule is Cc1ccc(OCC2COc3ccccc32)c(CO)n1. The van der Waals surface area contributed by atoms with Gasteiger partial charge in [-0.2, -0.15) is 0 Å². The molecular formula is C16H17NO3. The monoisotopic (exact) mass is 271 g/mol. The van der Waals surface area contributed by atoms with Crippen LogP contribution in [0.15, 0.2) is 36.4 Å². The van der Waals surface area contributed by atoms with Crippen LogP contribution in [0.4, 0.5) is 0 Å². The first kappa shape index (κ1) is 12.9. The maximum atomic E-state index is 9.33. The molecule has 104 valence electrons. The van der Waals surface area contributed by atoms with Crippen molar-refractivity contribution in [2.24, 2.45) is 0 Å². The number of hydrogen-bond acceptors (Lipinski definition) is 4. The van der Waals surface area contributed by atoms with Gasteiger partial charge in [0, 0.05) is 11.3 Å². The van der Waals surface area contributed by atoms with Gasteiger partial charge in [0.05, 0.1) is 25.7 Å². The number of rotatable bonds is 4. The zero-order valence-electron chi connectivity index (χ0n) is 11.4. The Bertz CT molecular complexity index is 612. The molecule has 2 aromatic rings. The molecule has 0 radical (unpaired) electrons. The molecule has 0 fully saturated rings. The minimum atomic E-state index is -0.116. The molecule has 0 saturated carbocycles. The molecule has 4 heteroatoms. The Morgan fingerprint density at radius 2 is 2.15 bits per heavy atom. The van der Waals surface area contributed by atoms with Gasteiger partial charge in [0.2, 0.25) is 0 Å². The van der Waals surface area contributed by atoms with Gasteiger partial charge >= 0.3 is 0 Å². The van der Waals surface area contributed by atoms with Gasteiger partial charge in [0.1, 0.15) is 17.2 Å².